The van der Waals surface area contributed by atoms with Crippen molar-refractivity contribution in [3.05, 3.63) is 72.9 Å². The van der Waals surface area contributed by atoms with E-state index < -0.39 is 51.8 Å². The molecule has 0 spiro atoms. The molecule has 10 nitrogen and oxygen atoms in total. The van der Waals surface area contributed by atoms with Crippen molar-refractivity contribution >= 4 is 19.8 Å². The van der Waals surface area contributed by atoms with Crippen molar-refractivity contribution in [3.63, 3.8) is 0 Å². The first kappa shape index (κ1) is 56.4. The number of carbonyl (C=O) groups excluding carboxylic acids is 2. The average Bonchev–Trinajstić information content (AvgIpc) is 3.22. The summed E-state index contributed by atoms with van der Waals surface area (Å²) in [5.41, 5.74) is 0. The van der Waals surface area contributed by atoms with Crippen LogP contribution in [-0.2, 0) is 32.7 Å². The van der Waals surface area contributed by atoms with Crippen molar-refractivity contribution in [2.24, 2.45) is 0 Å². The number of phosphoric ester groups is 1. The number of carbonyl (C=O) groups is 2. The number of esters is 2. The Bertz CT molecular complexity index is 1210. The fourth-order valence-electron chi connectivity index (χ4n) is 5.79. The molecular weight excluding hydrogens is 767 g/mol. The molecule has 3 atom stereocenters. The van der Waals surface area contributed by atoms with Crippen LogP contribution in [0.2, 0.25) is 0 Å². The first-order valence-electron chi connectivity index (χ1n) is 22.9. The van der Waals surface area contributed by atoms with Crippen LogP contribution in [0.15, 0.2) is 72.9 Å². The zero-order valence-electron chi connectivity index (χ0n) is 36.9. The molecule has 0 radical (unpaired) electrons. The molecule has 0 amide bonds. The second-order valence-electron chi connectivity index (χ2n) is 15.1. The summed E-state index contributed by atoms with van der Waals surface area (Å²) in [6.07, 6.45) is 50.2. The number of rotatable bonds is 42. The van der Waals surface area contributed by atoms with Crippen molar-refractivity contribution in [2.75, 3.05) is 26.4 Å². The van der Waals surface area contributed by atoms with Crippen molar-refractivity contribution in [3.8, 4) is 0 Å². The Morgan fingerprint density at radius 3 is 1.44 bits per heavy atom. The van der Waals surface area contributed by atoms with E-state index in [-0.39, 0.29) is 19.4 Å². The number of aliphatic hydroxyl groups excluding tert-OH is 2. The molecule has 0 bridgehead atoms. The molecule has 0 aromatic heterocycles. The molecule has 340 valence electrons. The summed E-state index contributed by atoms with van der Waals surface area (Å²) in [6.45, 7) is 2.25. The van der Waals surface area contributed by atoms with Gasteiger partial charge < -0.3 is 24.6 Å². The summed E-state index contributed by atoms with van der Waals surface area (Å²) >= 11 is 0. The van der Waals surface area contributed by atoms with Crippen LogP contribution >= 0.6 is 7.82 Å². The van der Waals surface area contributed by atoms with Crippen molar-refractivity contribution in [2.45, 2.75) is 193 Å². The van der Waals surface area contributed by atoms with Gasteiger partial charge in [0.25, 0.3) is 0 Å². The molecule has 3 N–H and O–H groups in total. The van der Waals surface area contributed by atoms with Gasteiger partial charge in [-0.05, 0) is 77.0 Å². The number of aliphatic hydroxyl groups is 2. The Morgan fingerprint density at radius 1 is 0.508 bits per heavy atom. The molecule has 0 aliphatic heterocycles. The van der Waals surface area contributed by atoms with Gasteiger partial charge in [0.05, 0.1) is 19.8 Å². The predicted octanol–water partition coefficient (Wildman–Crippen LogP) is 12.4. The molecule has 0 aliphatic carbocycles. The van der Waals surface area contributed by atoms with E-state index in [1.54, 1.807) is 0 Å². The van der Waals surface area contributed by atoms with Crippen LogP contribution in [0.1, 0.15) is 181 Å². The molecule has 0 fully saturated rings. The minimum atomic E-state index is -4.64. The predicted molar refractivity (Wildman–Crippen MR) is 242 cm³/mol. The fraction of sp³-hybridized carbons (Fsp3) is 0.708. The summed E-state index contributed by atoms with van der Waals surface area (Å²) < 4.78 is 32.7. The van der Waals surface area contributed by atoms with Gasteiger partial charge in [0.2, 0.25) is 0 Å². The largest absolute Gasteiger partial charge is 0.472 e. The minimum Gasteiger partial charge on any atom is -0.462 e. The Balaban J connectivity index is 4.40. The second kappa shape index (κ2) is 43.5. The molecular formula is C48H83O10P. The molecule has 0 aromatic carbocycles. The molecule has 59 heavy (non-hydrogen) atoms. The average molecular weight is 851 g/mol. The van der Waals surface area contributed by atoms with Crippen LogP contribution in [0.4, 0.5) is 0 Å². The van der Waals surface area contributed by atoms with Gasteiger partial charge in [-0.25, -0.2) is 4.57 Å². The number of hydrogen-bond donors (Lipinski definition) is 3. The highest BCUT2D eigenvalue weighted by molar-refractivity contribution is 7.47. The van der Waals surface area contributed by atoms with E-state index in [4.69, 9.17) is 19.1 Å². The van der Waals surface area contributed by atoms with E-state index in [2.05, 4.69) is 79.1 Å². The quantitative estimate of drug-likeness (QED) is 0.0234. The highest BCUT2D eigenvalue weighted by Crippen LogP contribution is 2.43. The summed E-state index contributed by atoms with van der Waals surface area (Å²) in [5, 5.41) is 18.3. The topological polar surface area (TPSA) is 149 Å². The lowest BCUT2D eigenvalue weighted by molar-refractivity contribution is -0.161. The lowest BCUT2D eigenvalue weighted by Gasteiger charge is -2.20. The standard InChI is InChI=1S/C48H83O10P/c1-3-5-7-9-11-13-15-17-19-21-22-24-26-28-30-32-34-36-38-40-48(52)58-46(44-57-59(53,54)56-42-45(50)41-49)43-55-47(51)39-37-35-33-31-29-27-25-23-20-18-16-14-12-10-8-6-4-2/h11,13-14,16-17,19,22,24,28,30,34,36,45-46,49-50H,3-10,12,15,18,20-21,23,25-27,29,31-33,35,37-44H2,1-2H3,(H,53,54)/b13-11+,16-14+,19-17+,24-22+,30-28+,36-34+/t45-,46+/m0/s1. The summed E-state index contributed by atoms with van der Waals surface area (Å²) in [7, 11) is -4.64. The van der Waals surface area contributed by atoms with Gasteiger partial charge >= 0.3 is 19.8 Å². The SMILES string of the molecule is CCCCC/C=C/C/C=C/C/C=C/C/C=C/C/C=C/CCC(=O)O[C@H](COC(=O)CCCCCCCCCCC/C=C/CCCCCC)COP(=O)(O)OC[C@@H](O)CO. The first-order valence-corrected chi connectivity index (χ1v) is 24.4. The van der Waals surface area contributed by atoms with Gasteiger partial charge in [0.15, 0.2) is 6.10 Å². The van der Waals surface area contributed by atoms with Crippen LogP contribution in [0.25, 0.3) is 0 Å². The molecule has 11 heteroatoms. The van der Waals surface area contributed by atoms with Crippen molar-refractivity contribution < 1.29 is 47.8 Å². The van der Waals surface area contributed by atoms with Gasteiger partial charge in [-0.3, -0.25) is 18.6 Å². The molecule has 0 aromatic rings. The number of hydrogen-bond acceptors (Lipinski definition) is 9. The number of allylic oxidation sites excluding steroid dienone is 12. The van der Waals surface area contributed by atoms with E-state index in [9.17, 15) is 24.2 Å². The summed E-state index contributed by atoms with van der Waals surface area (Å²) in [5.74, 6) is -1.03. The van der Waals surface area contributed by atoms with Gasteiger partial charge in [-0.1, -0.05) is 164 Å². The van der Waals surface area contributed by atoms with Gasteiger partial charge in [0, 0.05) is 12.8 Å². The van der Waals surface area contributed by atoms with Gasteiger partial charge in [-0.15, -0.1) is 0 Å². The second-order valence-corrected chi connectivity index (χ2v) is 16.5. The molecule has 0 heterocycles. The van der Waals surface area contributed by atoms with E-state index in [0.29, 0.717) is 12.8 Å². The minimum absolute atomic E-state index is 0.0577. The van der Waals surface area contributed by atoms with Gasteiger partial charge in [0.1, 0.15) is 12.7 Å². The molecule has 0 saturated heterocycles. The third-order valence-corrected chi connectivity index (χ3v) is 10.3. The smallest absolute Gasteiger partial charge is 0.462 e. The maximum Gasteiger partial charge on any atom is 0.472 e. The first-order chi connectivity index (χ1) is 28.7. The molecule has 0 aliphatic rings. The lowest BCUT2D eigenvalue weighted by atomic mass is 10.1. The normalized spacial score (nSPS) is 14.5. The third kappa shape index (κ3) is 43.3. The van der Waals surface area contributed by atoms with E-state index >= 15 is 0 Å². The zero-order valence-corrected chi connectivity index (χ0v) is 37.8. The monoisotopic (exact) mass is 851 g/mol. The molecule has 0 saturated carbocycles. The maximum atomic E-state index is 12.6. The van der Waals surface area contributed by atoms with E-state index in [1.165, 1.54) is 96.3 Å². The van der Waals surface area contributed by atoms with Crippen LogP contribution < -0.4 is 0 Å². The number of phosphoric acid groups is 1. The van der Waals surface area contributed by atoms with Crippen molar-refractivity contribution in [1.29, 1.82) is 0 Å². The zero-order chi connectivity index (χ0) is 43.3. The molecule has 1 unspecified atom stereocenters. The van der Waals surface area contributed by atoms with Crippen LogP contribution in [0, 0.1) is 0 Å². The van der Waals surface area contributed by atoms with E-state index in [1.807, 2.05) is 12.2 Å². The Kier molecular flexibility index (Phi) is 41.6. The highest BCUT2D eigenvalue weighted by atomic mass is 31.2. The third-order valence-electron chi connectivity index (χ3n) is 9.35. The highest BCUT2D eigenvalue weighted by Gasteiger charge is 2.27. The maximum absolute atomic E-state index is 12.6. The number of unbranched alkanes of at least 4 members (excludes halogenated alkanes) is 16. The fourth-order valence-corrected chi connectivity index (χ4v) is 6.58. The summed E-state index contributed by atoms with van der Waals surface area (Å²) in [4.78, 5) is 35.0. The lowest BCUT2D eigenvalue weighted by Crippen LogP contribution is -2.29. The molecule has 0 rings (SSSR count). The van der Waals surface area contributed by atoms with Crippen LogP contribution in [-0.4, -0.2) is 65.7 Å². The van der Waals surface area contributed by atoms with Crippen LogP contribution in [0.3, 0.4) is 0 Å². The van der Waals surface area contributed by atoms with E-state index in [0.717, 1.165) is 44.9 Å². The van der Waals surface area contributed by atoms with Crippen molar-refractivity contribution in [1.82, 2.24) is 0 Å². The Labute approximate surface area is 358 Å². The Morgan fingerprint density at radius 2 is 0.915 bits per heavy atom. The van der Waals surface area contributed by atoms with Gasteiger partial charge in [-0.2, -0.15) is 0 Å². The summed E-state index contributed by atoms with van der Waals surface area (Å²) in [6, 6.07) is 0. The Hall–Kier alpha value is -2.59. The number of ether oxygens (including phenoxy) is 2. The van der Waals surface area contributed by atoms with Crippen LogP contribution in [0.5, 0.6) is 0 Å².